The molecule has 3 aromatic carbocycles. The van der Waals surface area contributed by atoms with Gasteiger partial charge in [0.15, 0.2) is 0 Å². The lowest BCUT2D eigenvalue weighted by Gasteiger charge is -2.60. The molecule has 11 nitrogen and oxygen atoms in total. The van der Waals surface area contributed by atoms with Crippen molar-refractivity contribution in [3.63, 3.8) is 0 Å². The van der Waals surface area contributed by atoms with Gasteiger partial charge < -0.3 is 40.3 Å². The second kappa shape index (κ2) is 16.1. The molecule has 0 aromatic heterocycles. The normalized spacial score (nSPS) is 33.5. The predicted octanol–water partition coefficient (Wildman–Crippen LogP) is 5.17. The third-order valence-electron chi connectivity index (χ3n) is 14.2. The Morgan fingerprint density at radius 3 is 2.48 bits per heavy atom. The molecule has 9 rings (SSSR count). The van der Waals surface area contributed by atoms with E-state index < -0.39 is 47.7 Å². The number of aromatic hydroxyl groups is 1. The third-order valence-corrected chi connectivity index (χ3v) is 14.2. The number of aliphatic hydroxyl groups excluding tert-OH is 3. The molecule has 3 heterocycles. The highest BCUT2D eigenvalue weighted by molar-refractivity contribution is 5.89. The average molecular weight is 816 g/mol. The quantitative estimate of drug-likeness (QED) is 0.114. The van der Waals surface area contributed by atoms with Gasteiger partial charge in [0.2, 0.25) is 0 Å². The van der Waals surface area contributed by atoms with Crippen LogP contribution in [0.4, 0.5) is 5.69 Å². The molecule has 0 amide bonds. The monoisotopic (exact) mass is 815 g/mol. The van der Waals surface area contributed by atoms with Gasteiger partial charge in [0, 0.05) is 60.5 Å². The Morgan fingerprint density at radius 1 is 0.900 bits per heavy atom. The SMILES string of the molecule is C[C@H](O)CNc1cc(CO)cc([C@H]2C#C[C@@H]3CC(=O)Oc4cc(O)c(cc43)C[C@H]3OC(=O)/C(=C\[C@H](O)Cc4cccc(c4)C[C@H]4C(=O)C[C@@H]5CC[C@H]6CC[C@]3(O)[C@@H]5[C@H]64)C2)c1. The van der Waals surface area contributed by atoms with E-state index in [0.717, 1.165) is 24.0 Å². The van der Waals surface area contributed by atoms with Crippen LogP contribution in [-0.4, -0.2) is 73.7 Å². The standard InChI is InChI=1S/C49H53NO10/c1-26(52)24-50-37-13-29(25-51)12-34(17-37)31-6-7-32-22-45(56)59-43-23-41(54)35(19-39(32)43)21-44-49(58)10-9-30-5-8-33-20-42(55)40(46(30)47(33)49)15-28-4-2-3-27(11-28)14-38(53)18-36(16-31)48(57)60-44/h2-4,11-13,17-19,23,26,30-33,38,40,44,46-47,50-54,58H,5,8-10,14-16,20-22,24-25H2,1H3/b36-18-/t26-,30-,31-,32+,33-,38+,40-,44+,46+,47-,49+/m0/s1. The van der Waals surface area contributed by atoms with Crippen LogP contribution in [0.25, 0.3) is 0 Å². The number of nitrogens with one attached hydrogen (secondary N) is 1. The van der Waals surface area contributed by atoms with Gasteiger partial charge in [-0.05, 0) is 121 Å². The lowest BCUT2D eigenvalue weighted by atomic mass is 9.46. The zero-order valence-electron chi connectivity index (χ0n) is 33.8. The van der Waals surface area contributed by atoms with Crippen LogP contribution in [0.1, 0.15) is 97.1 Å². The number of ether oxygens (including phenoxy) is 2. The van der Waals surface area contributed by atoms with Gasteiger partial charge in [-0.15, -0.1) is 0 Å². The first-order valence-electron chi connectivity index (χ1n) is 21.5. The molecule has 12 bridgehead atoms. The summed E-state index contributed by atoms with van der Waals surface area (Å²) in [4.78, 5) is 42.1. The van der Waals surface area contributed by atoms with Crippen molar-refractivity contribution in [3.8, 4) is 23.3 Å². The van der Waals surface area contributed by atoms with Gasteiger partial charge in [-0.25, -0.2) is 4.79 Å². The van der Waals surface area contributed by atoms with Gasteiger partial charge in [-0.3, -0.25) is 9.59 Å². The number of hydrogen-bond acceptors (Lipinski definition) is 11. The van der Waals surface area contributed by atoms with E-state index in [1.807, 2.05) is 30.3 Å². The summed E-state index contributed by atoms with van der Waals surface area (Å²) in [5.41, 5.74) is 3.25. The minimum Gasteiger partial charge on any atom is -0.508 e. The fourth-order valence-electron chi connectivity index (χ4n) is 11.5. The third kappa shape index (κ3) is 7.75. The Morgan fingerprint density at radius 2 is 1.68 bits per heavy atom. The molecule has 3 fully saturated rings. The molecule has 3 aromatic rings. The molecular weight excluding hydrogens is 763 g/mol. The van der Waals surface area contributed by atoms with E-state index in [0.29, 0.717) is 53.6 Å². The number of rotatable bonds is 5. The molecule has 3 aliphatic carbocycles. The molecule has 11 atom stereocenters. The number of fused-ring (bicyclic) bond motifs is 7. The van der Waals surface area contributed by atoms with Crippen LogP contribution in [0.15, 0.2) is 66.2 Å². The Labute approximate surface area is 349 Å². The van der Waals surface area contributed by atoms with Gasteiger partial charge in [0.05, 0.1) is 31.2 Å². The first-order valence-corrected chi connectivity index (χ1v) is 21.5. The molecule has 11 heteroatoms. The number of benzene rings is 3. The summed E-state index contributed by atoms with van der Waals surface area (Å²) in [7, 11) is 0. The number of aliphatic hydroxyl groups is 4. The fraction of sp³-hybridized carbons (Fsp3) is 0.490. The molecule has 3 aliphatic heterocycles. The summed E-state index contributed by atoms with van der Waals surface area (Å²) >= 11 is 0. The number of Topliss-reactive ketones (excluding diaryl/α,β-unsaturated/α-hetero) is 1. The number of hydrogen-bond donors (Lipinski definition) is 6. The summed E-state index contributed by atoms with van der Waals surface area (Å²) in [5, 5.41) is 60.3. The van der Waals surface area contributed by atoms with E-state index in [1.54, 1.807) is 25.1 Å². The molecule has 0 radical (unpaired) electrons. The number of carbonyl (C=O) groups excluding carboxylic acids is 3. The topological polar surface area (TPSA) is 183 Å². The number of anilines is 1. The van der Waals surface area contributed by atoms with Crippen molar-refractivity contribution in [1.29, 1.82) is 0 Å². The second-order valence-electron chi connectivity index (χ2n) is 18.2. The van der Waals surface area contributed by atoms with Crippen molar-refractivity contribution >= 4 is 23.4 Å². The molecule has 6 aliphatic rings. The highest BCUT2D eigenvalue weighted by Gasteiger charge is 2.62. The van der Waals surface area contributed by atoms with Crippen LogP contribution in [-0.2, 0) is 45.0 Å². The van der Waals surface area contributed by atoms with E-state index in [1.165, 1.54) is 12.1 Å². The van der Waals surface area contributed by atoms with E-state index in [9.17, 15) is 35.1 Å². The Bertz CT molecular complexity index is 2310. The second-order valence-corrected chi connectivity index (χ2v) is 18.2. The maximum Gasteiger partial charge on any atom is 0.334 e. The van der Waals surface area contributed by atoms with E-state index in [4.69, 9.17) is 9.47 Å². The van der Waals surface area contributed by atoms with Crippen LogP contribution in [0, 0.1) is 41.4 Å². The van der Waals surface area contributed by atoms with Gasteiger partial charge in [0.25, 0.3) is 0 Å². The van der Waals surface area contributed by atoms with Crippen LogP contribution in [0.2, 0.25) is 0 Å². The fourth-order valence-corrected chi connectivity index (χ4v) is 11.5. The van der Waals surface area contributed by atoms with Crippen molar-refractivity contribution < 1.29 is 49.4 Å². The van der Waals surface area contributed by atoms with Crippen molar-refractivity contribution in [2.45, 2.75) is 113 Å². The molecule has 0 spiro atoms. The van der Waals surface area contributed by atoms with Crippen molar-refractivity contribution in [2.75, 3.05) is 11.9 Å². The summed E-state index contributed by atoms with van der Waals surface area (Å²) in [6.07, 6.45) is 2.23. The largest absolute Gasteiger partial charge is 0.508 e. The minimum atomic E-state index is -1.56. The van der Waals surface area contributed by atoms with Gasteiger partial charge in [-0.1, -0.05) is 42.2 Å². The van der Waals surface area contributed by atoms with Crippen LogP contribution < -0.4 is 10.1 Å². The lowest BCUT2D eigenvalue weighted by Crippen LogP contribution is -2.65. The maximum absolute atomic E-state index is 15.0. The summed E-state index contributed by atoms with van der Waals surface area (Å²) in [6, 6.07) is 16.5. The van der Waals surface area contributed by atoms with Gasteiger partial charge >= 0.3 is 11.9 Å². The zero-order chi connectivity index (χ0) is 41.9. The number of phenolic OH excluding ortho intramolecular Hbond substituents is 1. The Hall–Kier alpha value is -4.99. The molecule has 60 heavy (non-hydrogen) atoms. The maximum atomic E-state index is 15.0. The summed E-state index contributed by atoms with van der Waals surface area (Å²) < 4.78 is 12.2. The summed E-state index contributed by atoms with van der Waals surface area (Å²) in [6.45, 7) is 1.62. The van der Waals surface area contributed by atoms with Crippen LogP contribution in [0.3, 0.4) is 0 Å². The number of ketones is 1. The number of esters is 2. The summed E-state index contributed by atoms with van der Waals surface area (Å²) in [5.74, 6) is 3.61. The predicted molar refractivity (Wildman–Crippen MR) is 221 cm³/mol. The zero-order valence-corrected chi connectivity index (χ0v) is 33.8. The first kappa shape index (κ1) is 40.4. The Kier molecular flexibility index (Phi) is 10.9. The minimum absolute atomic E-state index is 0.0288. The van der Waals surface area contributed by atoms with Crippen molar-refractivity contribution in [1.82, 2.24) is 0 Å². The molecule has 6 N–H and O–H groups in total. The Balaban J connectivity index is 1.24. The van der Waals surface area contributed by atoms with E-state index in [2.05, 4.69) is 17.2 Å². The smallest absolute Gasteiger partial charge is 0.334 e. The highest BCUT2D eigenvalue weighted by atomic mass is 16.6. The highest BCUT2D eigenvalue weighted by Crippen LogP contribution is 2.60. The lowest BCUT2D eigenvalue weighted by molar-refractivity contribution is -0.219. The number of carbonyl (C=O) groups is 3. The average Bonchev–Trinajstić information content (AvgIpc) is 3.21. The molecule has 0 saturated heterocycles. The van der Waals surface area contributed by atoms with Crippen molar-refractivity contribution in [3.05, 3.63) is 99.6 Å². The first-order chi connectivity index (χ1) is 28.8. The molecule has 3 saturated carbocycles. The number of phenols is 1. The molecule has 0 unspecified atom stereocenters. The van der Waals surface area contributed by atoms with Gasteiger partial charge in [-0.2, -0.15) is 0 Å². The van der Waals surface area contributed by atoms with Crippen LogP contribution >= 0.6 is 0 Å². The van der Waals surface area contributed by atoms with Crippen molar-refractivity contribution in [2.24, 2.45) is 29.6 Å². The molecule has 314 valence electrons. The van der Waals surface area contributed by atoms with E-state index >= 15 is 4.79 Å². The van der Waals surface area contributed by atoms with E-state index in [-0.39, 0.29) is 91.3 Å². The van der Waals surface area contributed by atoms with Gasteiger partial charge in [0.1, 0.15) is 29.0 Å². The van der Waals surface area contributed by atoms with Crippen LogP contribution in [0.5, 0.6) is 11.5 Å². The molecular formula is C49H53NO10.